The number of amides is 1. The molecule has 2 aromatic carbocycles. The minimum atomic E-state index is -0.0243. The number of hydrogen-bond donors (Lipinski definition) is 1. The number of nitrogens with zero attached hydrogens (tertiary/aromatic N) is 1. The highest BCUT2D eigenvalue weighted by atomic mass is 35.5. The van der Waals surface area contributed by atoms with Gasteiger partial charge in [0.15, 0.2) is 0 Å². The minimum Gasteiger partial charge on any atom is -0.349 e. The second kappa shape index (κ2) is 7.46. The first-order valence-electron chi connectivity index (χ1n) is 9.18. The molecule has 26 heavy (non-hydrogen) atoms. The Labute approximate surface area is 158 Å². The van der Waals surface area contributed by atoms with Gasteiger partial charge < -0.3 is 5.32 Å². The molecule has 3 aromatic rings. The highest BCUT2D eigenvalue weighted by Gasteiger charge is 2.19. The predicted octanol–water partition coefficient (Wildman–Crippen LogP) is 5.62. The summed E-state index contributed by atoms with van der Waals surface area (Å²) in [4.78, 5) is 17.8. The maximum Gasteiger partial charge on any atom is 0.252 e. The van der Waals surface area contributed by atoms with Gasteiger partial charge in [0.05, 0.1) is 16.8 Å². The van der Waals surface area contributed by atoms with Gasteiger partial charge in [0.1, 0.15) is 0 Å². The zero-order valence-electron chi connectivity index (χ0n) is 14.5. The summed E-state index contributed by atoms with van der Waals surface area (Å²) in [5, 5.41) is 4.73. The number of benzene rings is 2. The number of pyridine rings is 1. The third-order valence-electron chi connectivity index (χ3n) is 5.05. The monoisotopic (exact) mass is 364 g/mol. The molecule has 0 unspecified atom stereocenters. The van der Waals surface area contributed by atoms with E-state index in [0.29, 0.717) is 10.6 Å². The number of carbonyl (C=O) groups excluding carboxylic acids is 1. The minimum absolute atomic E-state index is 0.0243. The van der Waals surface area contributed by atoms with E-state index in [9.17, 15) is 4.79 Å². The van der Waals surface area contributed by atoms with Gasteiger partial charge in [0.2, 0.25) is 0 Å². The molecule has 1 N–H and O–H groups in total. The molecule has 1 fully saturated rings. The molecule has 0 spiro atoms. The van der Waals surface area contributed by atoms with Gasteiger partial charge in [-0.25, -0.2) is 4.98 Å². The lowest BCUT2D eigenvalue weighted by Crippen LogP contribution is -2.36. The van der Waals surface area contributed by atoms with Crippen LogP contribution in [-0.4, -0.2) is 16.9 Å². The van der Waals surface area contributed by atoms with Gasteiger partial charge in [-0.05, 0) is 31.0 Å². The van der Waals surface area contributed by atoms with Gasteiger partial charge in [0.25, 0.3) is 5.91 Å². The Balaban J connectivity index is 1.77. The molecule has 4 rings (SSSR count). The first kappa shape index (κ1) is 17.0. The highest BCUT2D eigenvalue weighted by Crippen LogP contribution is 2.30. The fourth-order valence-electron chi connectivity index (χ4n) is 3.68. The van der Waals surface area contributed by atoms with Crippen molar-refractivity contribution in [2.75, 3.05) is 0 Å². The van der Waals surface area contributed by atoms with Crippen LogP contribution in [0.5, 0.6) is 0 Å². The standard InChI is InChI=1S/C22H21ClN2O/c23-19-12-6-4-11-17(19)21-14-18(16-10-5-7-13-20(16)25-21)22(26)24-15-8-2-1-3-9-15/h4-7,10-15H,1-3,8-9H2,(H,24,26). The topological polar surface area (TPSA) is 42.0 Å². The van der Waals surface area contributed by atoms with E-state index in [-0.39, 0.29) is 11.9 Å². The highest BCUT2D eigenvalue weighted by molar-refractivity contribution is 6.33. The van der Waals surface area contributed by atoms with Crippen LogP contribution in [0, 0.1) is 0 Å². The summed E-state index contributed by atoms with van der Waals surface area (Å²) in [5.74, 6) is -0.0243. The van der Waals surface area contributed by atoms with Gasteiger partial charge in [0, 0.05) is 22.0 Å². The molecule has 1 amide bonds. The molecular formula is C22H21ClN2O. The van der Waals surface area contributed by atoms with Gasteiger partial charge in [-0.2, -0.15) is 0 Å². The maximum absolute atomic E-state index is 13.0. The SMILES string of the molecule is O=C(NC1CCCCC1)c1cc(-c2ccccc2Cl)nc2ccccc12. The summed E-state index contributed by atoms with van der Waals surface area (Å²) in [7, 11) is 0. The summed E-state index contributed by atoms with van der Waals surface area (Å²) in [6.07, 6.45) is 5.76. The Bertz CT molecular complexity index is 948. The molecular weight excluding hydrogens is 344 g/mol. The van der Waals surface area contributed by atoms with Crippen LogP contribution in [0.25, 0.3) is 22.2 Å². The first-order chi connectivity index (χ1) is 12.7. The first-order valence-corrected chi connectivity index (χ1v) is 9.56. The van der Waals surface area contributed by atoms with E-state index in [0.717, 1.165) is 35.0 Å². The number of nitrogens with one attached hydrogen (secondary N) is 1. The van der Waals surface area contributed by atoms with Crippen LogP contribution in [-0.2, 0) is 0 Å². The van der Waals surface area contributed by atoms with Gasteiger partial charge >= 0.3 is 0 Å². The second-order valence-electron chi connectivity index (χ2n) is 6.86. The van der Waals surface area contributed by atoms with Gasteiger partial charge in [-0.1, -0.05) is 67.3 Å². The van der Waals surface area contributed by atoms with Crippen molar-refractivity contribution in [2.45, 2.75) is 38.1 Å². The van der Waals surface area contributed by atoms with E-state index >= 15 is 0 Å². The molecule has 1 aromatic heterocycles. The Kier molecular flexibility index (Phi) is 4.89. The molecule has 0 atom stereocenters. The molecule has 1 heterocycles. The van der Waals surface area contributed by atoms with Crippen LogP contribution in [0.15, 0.2) is 54.6 Å². The number of fused-ring (bicyclic) bond motifs is 1. The number of hydrogen-bond acceptors (Lipinski definition) is 2. The summed E-state index contributed by atoms with van der Waals surface area (Å²) >= 11 is 6.36. The van der Waals surface area contributed by atoms with Crippen molar-refractivity contribution in [3.05, 3.63) is 65.2 Å². The quantitative estimate of drug-likeness (QED) is 0.655. The Morgan fingerprint density at radius 1 is 1.00 bits per heavy atom. The predicted molar refractivity (Wildman–Crippen MR) is 107 cm³/mol. The van der Waals surface area contributed by atoms with E-state index in [1.54, 1.807) is 0 Å². The Morgan fingerprint density at radius 2 is 1.73 bits per heavy atom. The third kappa shape index (κ3) is 3.45. The fraction of sp³-hybridized carbons (Fsp3) is 0.273. The van der Waals surface area contributed by atoms with Crippen LogP contribution in [0.4, 0.5) is 0 Å². The lowest BCUT2D eigenvalue weighted by Gasteiger charge is -2.23. The molecule has 4 heteroatoms. The third-order valence-corrected chi connectivity index (χ3v) is 5.38. The van der Waals surface area contributed by atoms with Crippen molar-refractivity contribution in [3.63, 3.8) is 0 Å². The lowest BCUT2D eigenvalue weighted by molar-refractivity contribution is 0.0929. The van der Waals surface area contributed by atoms with Crippen molar-refractivity contribution < 1.29 is 4.79 Å². The number of halogens is 1. The van der Waals surface area contributed by atoms with E-state index in [1.807, 2.05) is 54.6 Å². The average molecular weight is 365 g/mol. The normalized spacial score (nSPS) is 15.1. The van der Waals surface area contributed by atoms with Crippen molar-refractivity contribution in [1.82, 2.24) is 10.3 Å². The van der Waals surface area contributed by atoms with Gasteiger partial charge in [-0.3, -0.25) is 4.79 Å². The van der Waals surface area contributed by atoms with Crippen LogP contribution in [0.2, 0.25) is 5.02 Å². The molecule has 0 aliphatic heterocycles. The summed E-state index contributed by atoms with van der Waals surface area (Å²) < 4.78 is 0. The fourth-order valence-corrected chi connectivity index (χ4v) is 3.91. The molecule has 1 saturated carbocycles. The van der Waals surface area contributed by atoms with Crippen molar-refractivity contribution in [1.29, 1.82) is 0 Å². The molecule has 0 saturated heterocycles. The van der Waals surface area contributed by atoms with E-state index in [4.69, 9.17) is 16.6 Å². The molecule has 132 valence electrons. The van der Waals surface area contributed by atoms with Crippen molar-refractivity contribution >= 4 is 28.4 Å². The molecule has 1 aliphatic rings. The maximum atomic E-state index is 13.0. The molecule has 0 bridgehead atoms. The van der Waals surface area contributed by atoms with Crippen LogP contribution >= 0.6 is 11.6 Å². The van der Waals surface area contributed by atoms with E-state index in [1.165, 1.54) is 19.3 Å². The van der Waals surface area contributed by atoms with Crippen LogP contribution in [0.3, 0.4) is 0 Å². The Morgan fingerprint density at radius 3 is 2.54 bits per heavy atom. The zero-order chi connectivity index (χ0) is 17.9. The molecule has 3 nitrogen and oxygen atoms in total. The van der Waals surface area contributed by atoms with E-state index < -0.39 is 0 Å². The smallest absolute Gasteiger partial charge is 0.252 e. The van der Waals surface area contributed by atoms with Crippen molar-refractivity contribution in [2.24, 2.45) is 0 Å². The van der Waals surface area contributed by atoms with Crippen LogP contribution in [0.1, 0.15) is 42.5 Å². The number of rotatable bonds is 3. The van der Waals surface area contributed by atoms with Crippen molar-refractivity contribution in [3.8, 4) is 11.3 Å². The average Bonchev–Trinajstić information content (AvgIpc) is 2.68. The second-order valence-corrected chi connectivity index (χ2v) is 7.27. The summed E-state index contributed by atoms with van der Waals surface area (Å²) in [6.45, 7) is 0. The molecule has 1 aliphatic carbocycles. The Hall–Kier alpha value is -2.39. The number of para-hydroxylation sites is 1. The van der Waals surface area contributed by atoms with Gasteiger partial charge in [-0.15, -0.1) is 0 Å². The van der Waals surface area contributed by atoms with Crippen LogP contribution < -0.4 is 5.32 Å². The van der Waals surface area contributed by atoms with E-state index in [2.05, 4.69) is 5.32 Å². The number of carbonyl (C=O) groups is 1. The number of aromatic nitrogens is 1. The largest absolute Gasteiger partial charge is 0.349 e. The molecule has 0 radical (unpaired) electrons. The lowest BCUT2D eigenvalue weighted by atomic mass is 9.95. The summed E-state index contributed by atoms with van der Waals surface area (Å²) in [6, 6.07) is 17.5. The summed E-state index contributed by atoms with van der Waals surface area (Å²) in [5.41, 5.74) is 3.03. The zero-order valence-corrected chi connectivity index (χ0v) is 15.3.